The van der Waals surface area contributed by atoms with Crippen LogP contribution in [-0.4, -0.2) is 9.55 Å². The molecule has 1 heterocycles. The second kappa shape index (κ2) is 7.41. The average Bonchev–Trinajstić information content (AvgIpc) is 2.70. The van der Waals surface area contributed by atoms with Crippen LogP contribution in [0.5, 0.6) is 0 Å². The van der Waals surface area contributed by atoms with Crippen LogP contribution in [0, 0.1) is 13.8 Å². The van der Waals surface area contributed by atoms with Gasteiger partial charge in [-0.3, -0.25) is 9.36 Å². The van der Waals surface area contributed by atoms with E-state index in [1.54, 1.807) is 4.57 Å². The summed E-state index contributed by atoms with van der Waals surface area (Å²) in [7, 11) is 0. The molecular formula is C24H23N3O. The van der Waals surface area contributed by atoms with E-state index < -0.39 is 0 Å². The van der Waals surface area contributed by atoms with Crippen molar-refractivity contribution in [3.05, 3.63) is 99.3 Å². The zero-order chi connectivity index (χ0) is 19.7. The normalized spacial score (nSPS) is 11.1. The number of nitrogens with two attached hydrogens (primary N) is 1. The Morgan fingerprint density at radius 2 is 1.64 bits per heavy atom. The molecule has 0 spiro atoms. The molecule has 4 heteroatoms. The van der Waals surface area contributed by atoms with Gasteiger partial charge in [0.1, 0.15) is 5.82 Å². The first kappa shape index (κ1) is 18.1. The van der Waals surface area contributed by atoms with Crippen molar-refractivity contribution in [2.24, 2.45) is 5.73 Å². The molecule has 0 aliphatic heterocycles. The fraction of sp³-hybridized carbons (Fsp3) is 0.167. The van der Waals surface area contributed by atoms with E-state index in [0.29, 0.717) is 24.3 Å². The largest absolute Gasteiger partial charge is 0.326 e. The molecular weight excluding hydrogens is 346 g/mol. The van der Waals surface area contributed by atoms with Crippen LogP contribution in [0.15, 0.2) is 71.5 Å². The van der Waals surface area contributed by atoms with Crippen molar-refractivity contribution in [3.63, 3.8) is 0 Å². The van der Waals surface area contributed by atoms with Gasteiger partial charge in [0, 0.05) is 12.1 Å². The quantitative estimate of drug-likeness (QED) is 0.587. The van der Waals surface area contributed by atoms with Crippen molar-refractivity contribution >= 4 is 10.9 Å². The Kier molecular flexibility index (Phi) is 4.80. The highest BCUT2D eigenvalue weighted by atomic mass is 16.1. The third kappa shape index (κ3) is 3.47. The van der Waals surface area contributed by atoms with Crippen molar-refractivity contribution in [3.8, 4) is 11.4 Å². The molecule has 4 aromatic rings. The number of aryl methyl sites for hydroxylation is 2. The second-order valence-electron chi connectivity index (χ2n) is 7.24. The first-order valence-corrected chi connectivity index (χ1v) is 9.41. The van der Waals surface area contributed by atoms with Crippen LogP contribution < -0.4 is 11.3 Å². The first-order chi connectivity index (χ1) is 13.5. The maximum absolute atomic E-state index is 13.4. The molecule has 3 aromatic carbocycles. The monoisotopic (exact) mass is 369 g/mol. The Balaban J connectivity index is 1.96. The van der Waals surface area contributed by atoms with Gasteiger partial charge in [-0.2, -0.15) is 0 Å². The highest BCUT2D eigenvalue weighted by molar-refractivity contribution is 5.80. The Morgan fingerprint density at radius 1 is 0.893 bits per heavy atom. The van der Waals surface area contributed by atoms with Gasteiger partial charge in [0.25, 0.3) is 5.56 Å². The summed E-state index contributed by atoms with van der Waals surface area (Å²) in [4.78, 5) is 18.3. The molecule has 0 saturated heterocycles. The smallest absolute Gasteiger partial charge is 0.261 e. The second-order valence-corrected chi connectivity index (χ2v) is 7.24. The Labute approximate surface area is 164 Å². The Morgan fingerprint density at radius 3 is 2.43 bits per heavy atom. The van der Waals surface area contributed by atoms with Gasteiger partial charge in [-0.15, -0.1) is 0 Å². The number of fused-ring (bicyclic) bond motifs is 1. The van der Waals surface area contributed by atoms with Crippen molar-refractivity contribution in [1.29, 1.82) is 0 Å². The molecule has 140 valence electrons. The summed E-state index contributed by atoms with van der Waals surface area (Å²) in [5.74, 6) is 0.684. The first-order valence-electron chi connectivity index (χ1n) is 9.41. The summed E-state index contributed by atoms with van der Waals surface area (Å²) in [5, 5.41) is 0.645. The van der Waals surface area contributed by atoms with Gasteiger partial charge < -0.3 is 5.73 Å². The zero-order valence-electron chi connectivity index (χ0n) is 16.1. The molecule has 0 saturated carbocycles. The van der Waals surface area contributed by atoms with Crippen LogP contribution in [-0.2, 0) is 13.1 Å². The SMILES string of the molecule is Cc1cccc(-c2nc3ccc(C)cc3c(=O)n2Cc2cccc(CN)c2)c1. The maximum atomic E-state index is 13.4. The van der Waals surface area contributed by atoms with E-state index in [4.69, 9.17) is 10.7 Å². The van der Waals surface area contributed by atoms with Crippen molar-refractivity contribution in [2.45, 2.75) is 26.9 Å². The molecule has 4 rings (SSSR count). The van der Waals surface area contributed by atoms with Gasteiger partial charge >= 0.3 is 0 Å². The predicted octanol–water partition coefficient (Wildman–Crippen LogP) is 4.19. The van der Waals surface area contributed by atoms with Crippen LogP contribution >= 0.6 is 0 Å². The summed E-state index contributed by atoms with van der Waals surface area (Å²) in [6, 6.07) is 22.0. The molecule has 0 bridgehead atoms. The Bertz CT molecular complexity index is 1220. The van der Waals surface area contributed by atoms with Crippen LogP contribution in [0.2, 0.25) is 0 Å². The number of hydrogen-bond acceptors (Lipinski definition) is 3. The lowest BCUT2D eigenvalue weighted by molar-refractivity contribution is 0.758. The van der Waals surface area contributed by atoms with Crippen LogP contribution in [0.1, 0.15) is 22.3 Å². The van der Waals surface area contributed by atoms with Gasteiger partial charge in [-0.05, 0) is 43.2 Å². The van der Waals surface area contributed by atoms with Crippen molar-refractivity contribution in [2.75, 3.05) is 0 Å². The minimum atomic E-state index is -0.0247. The fourth-order valence-electron chi connectivity index (χ4n) is 3.52. The highest BCUT2D eigenvalue weighted by Crippen LogP contribution is 2.22. The summed E-state index contributed by atoms with van der Waals surface area (Å²) in [6.45, 7) is 4.96. The average molecular weight is 369 g/mol. The maximum Gasteiger partial charge on any atom is 0.261 e. The van der Waals surface area contributed by atoms with E-state index in [-0.39, 0.29) is 5.56 Å². The lowest BCUT2D eigenvalue weighted by Crippen LogP contribution is -2.24. The van der Waals surface area contributed by atoms with E-state index in [1.165, 1.54) is 0 Å². The molecule has 0 radical (unpaired) electrons. The Hall–Kier alpha value is -3.24. The third-order valence-corrected chi connectivity index (χ3v) is 4.95. The van der Waals surface area contributed by atoms with E-state index in [2.05, 4.69) is 6.07 Å². The topological polar surface area (TPSA) is 60.9 Å². The van der Waals surface area contributed by atoms with Crippen LogP contribution in [0.25, 0.3) is 22.3 Å². The third-order valence-electron chi connectivity index (χ3n) is 4.95. The van der Waals surface area contributed by atoms with Crippen molar-refractivity contribution in [1.82, 2.24) is 9.55 Å². The highest BCUT2D eigenvalue weighted by Gasteiger charge is 2.14. The van der Waals surface area contributed by atoms with E-state index in [0.717, 1.165) is 33.3 Å². The molecule has 0 amide bonds. The van der Waals surface area contributed by atoms with Gasteiger partial charge in [0.2, 0.25) is 0 Å². The molecule has 28 heavy (non-hydrogen) atoms. The standard InChI is InChI=1S/C24H23N3O/c1-16-5-3-8-20(11-16)23-26-22-10-9-17(2)12-21(22)24(28)27(23)15-19-7-4-6-18(13-19)14-25/h3-13H,14-15,25H2,1-2H3. The number of hydrogen-bond donors (Lipinski definition) is 1. The van der Waals surface area contributed by atoms with Crippen LogP contribution in [0.3, 0.4) is 0 Å². The van der Waals surface area contributed by atoms with E-state index >= 15 is 0 Å². The molecule has 0 unspecified atom stereocenters. The molecule has 0 aliphatic carbocycles. The van der Waals surface area contributed by atoms with E-state index in [9.17, 15) is 4.79 Å². The summed E-state index contributed by atoms with van der Waals surface area (Å²) in [6.07, 6.45) is 0. The minimum absolute atomic E-state index is 0.0247. The molecule has 4 nitrogen and oxygen atoms in total. The van der Waals surface area contributed by atoms with Crippen LogP contribution in [0.4, 0.5) is 0 Å². The summed E-state index contributed by atoms with van der Waals surface area (Å²) in [5.41, 5.74) is 11.7. The molecule has 0 atom stereocenters. The van der Waals surface area contributed by atoms with Gasteiger partial charge in [-0.1, -0.05) is 59.7 Å². The molecule has 2 N–H and O–H groups in total. The summed E-state index contributed by atoms with van der Waals surface area (Å²) < 4.78 is 1.77. The van der Waals surface area contributed by atoms with Gasteiger partial charge in [0.05, 0.1) is 17.4 Å². The molecule has 0 aliphatic rings. The summed E-state index contributed by atoms with van der Waals surface area (Å²) >= 11 is 0. The fourth-order valence-corrected chi connectivity index (χ4v) is 3.52. The number of rotatable bonds is 4. The molecule has 1 aromatic heterocycles. The lowest BCUT2D eigenvalue weighted by atomic mass is 10.1. The lowest BCUT2D eigenvalue weighted by Gasteiger charge is -2.15. The van der Waals surface area contributed by atoms with Gasteiger partial charge in [0.15, 0.2) is 0 Å². The van der Waals surface area contributed by atoms with Crippen molar-refractivity contribution < 1.29 is 0 Å². The number of benzene rings is 3. The zero-order valence-corrected chi connectivity index (χ0v) is 16.1. The van der Waals surface area contributed by atoms with Gasteiger partial charge in [-0.25, -0.2) is 4.98 Å². The predicted molar refractivity (Wildman–Crippen MR) is 114 cm³/mol. The number of nitrogens with zero attached hydrogens (tertiary/aromatic N) is 2. The minimum Gasteiger partial charge on any atom is -0.326 e. The number of aromatic nitrogens is 2. The molecule has 0 fully saturated rings. The van der Waals surface area contributed by atoms with E-state index in [1.807, 2.05) is 74.5 Å².